The highest BCUT2D eigenvalue weighted by Crippen LogP contribution is 2.31. The minimum atomic E-state index is 0.115. The summed E-state index contributed by atoms with van der Waals surface area (Å²) >= 11 is 0. The van der Waals surface area contributed by atoms with Crippen molar-refractivity contribution in [2.75, 3.05) is 18.0 Å². The van der Waals surface area contributed by atoms with Crippen LogP contribution in [0.4, 0.5) is 5.69 Å². The molecule has 1 aromatic carbocycles. The molecular formula is C16H26N2. The van der Waals surface area contributed by atoms with E-state index in [1.807, 2.05) is 0 Å². The van der Waals surface area contributed by atoms with E-state index in [0.717, 1.165) is 11.8 Å². The van der Waals surface area contributed by atoms with Gasteiger partial charge in [0.25, 0.3) is 0 Å². The van der Waals surface area contributed by atoms with Crippen molar-refractivity contribution in [1.82, 2.24) is 0 Å². The molecule has 0 aromatic heterocycles. The van der Waals surface area contributed by atoms with E-state index >= 15 is 0 Å². The van der Waals surface area contributed by atoms with Gasteiger partial charge in [0.15, 0.2) is 0 Å². The Balaban J connectivity index is 2.10. The van der Waals surface area contributed by atoms with Crippen molar-refractivity contribution in [3.8, 4) is 0 Å². The van der Waals surface area contributed by atoms with Crippen LogP contribution in [0.15, 0.2) is 24.3 Å². The Hall–Kier alpha value is -1.02. The van der Waals surface area contributed by atoms with Gasteiger partial charge in [-0.25, -0.2) is 0 Å². The molecule has 2 N–H and O–H groups in total. The molecule has 18 heavy (non-hydrogen) atoms. The van der Waals surface area contributed by atoms with Gasteiger partial charge in [0.1, 0.15) is 0 Å². The molecule has 2 rings (SSSR count). The third kappa shape index (κ3) is 2.86. The van der Waals surface area contributed by atoms with E-state index in [-0.39, 0.29) is 6.04 Å². The summed E-state index contributed by atoms with van der Waals surface area (Å²) in [5, 5.41) is 0. The average Bonchev–Trinajstić information content (AvgIpc) is 2.39. The summed E-state index contributed by atoms with van der Waals surface area (Å²) in [6.45, 7) is 9.10. The van der Waals surface area contributed by atoms with Gasteiger partial charge >= 0.3 is 0 Å². The first-order valence-corrected chi connectivity index (χ1v) is 7.19. The highest BCUT2D eigenvalue weighted by molar-refractivity contribution is 5.55. The van der Waals surface area contributed by atoms with E-state index < -0.39 is 0 Å². The summed E-state index contributed by atoms with van der Waals surface area (Å²) < 4.78 is 0. The molecule has 1 fully saturated rings. The van der Waals surface area contributed by atoms with Crippen LogP contribution in [0.2, 0.25) is 0 Å². The van der Waals surface area contributed by atoms with E-state index in [1.165, 1.54) is 37.2 Å². The van der Waals surface area contributed by atoms with Crippen molar-refractivity contribution in [2.45, 2.75) is 39.7 Å². The fourth-order valence-corrected chi connectivity index (χ4v) is 2.97. The molecule has 0 spiro atoms. The van der Waals surface area contributed by atoms with Gasteiger partial charge in [-0.05, 0) is 43.2 Å². The molecule has 2 nitrogen and oxygen atoms in total. The van der Waals surface area contributed by atoms with Crippen molar-refractivity contribution in [3.63, 3.8) is 0 Å². The summed E-state index contributed by atoms with van der Waals surface area (Å²) in [4.78, 5) is 2.51. The summed E-state index contributed by atoms with van der Waals surface area (Å²) in [5.74, 6) is 1.71. The minimum absolute atomic E-state index is 0.115. The standard InChI is InChI=1S/C16H26N2/c1-12(2)14-8-10-18(11-9-14)16-7-5-4-6-15(16)13(3)17/h4-7,12-14H,8-11,17H2,1-3H3. The zero-order valence-corrected chi connectivity index (χ0v) is 11.9. The molecule has 1 unspecified atom stereocenters. The SMILES string of the molecule is CC(N)c1ccccc1N1CCC(C(C)C)CC1. The molecule has 0 radical (unpaired) electrons. The zero-order valence-electron chi connectivity index (χ0n) is 11.9. The molecule has 0 saturated carbocycles. The maximum absolute atomic E-state index is 6.07. The number of hydrogen-bond acceptors (Lipinski definition) is 2. The van der Waals surface area contributed by atoms with Crippen molar-refractivity contribution in [2.24, 2.45) is 17.6 Å². The third-order valence-corrected chi connectivity index (χ3v) is 4.25. The number of hydrogen-bond donors (Lipinski definition) is 1. The van der Waals surface area contributed by atoms with Crippen LogP contribution in [-0.2, 0) is 0 Å². The Labute approximate surface area is 111 Å². The van der Waals surface area contributed by atoms with Gasteiger partial charge in [0, 0.05) is 24.8 Å². The number of piperidine rings is 1. The smallest absolute Gasteiger partial charge is 0.0414 e. The lowest BCUT2D eigenvalue weighted by molar-refractivity contribution is 0.311. The van der Waals surface area contributed by atoms with Crippen molar-refractivity contribution in [1.29, 1.82) is 0 Å². The van der Waals surface area contributed by atoms with Crippen LogP contribution in [0.25, 0.3) is 0 Å². The Bertz CT molecular complexity index is 376. The lowest BCUT2D eigenvalue weighted by Gasteiger charge is -2.36. The highest BCUT2D eigenvalue weighted by atomic mass is 15.1. The Morgan fingerprint density at radius 2 is 1.72 bits per heavy atom. The van der Waals surface area contributed by atoms with Crippen molar-refractivity contribution >= 4 is 5.69 Å². The van der Waals surface area contributed by atoms with Crippen LogP contribution in [0.5, 0.6) is 0 Å². The summed E-state index contributed by atoms with van der Waals surface area (Å²) in [5.41, 5.74) is 8.69. The van der Waals surface area contributed by atoms with Gasteiger partial charge in [-0.15, -0.1) is 0 Å². The van der Waals surface area contributed by atoms with Crippen LogP contribution in [0.1, 0.15) is 45.2 Å². The summed E-state index contributed by atoms with van der Waals surface area (Å²) in [6, 6.07) is 8.70. The molecular weight excluding hydrogens is 220 g/mol. The topological polar surface area (TPSA) is 29.3 Å². The van der Waals surface area contributed by atoms with Crippen LogP contribution < -0.4 is 10.6 Å². The average molecular weight is 246 g/mol. The molecule has 1 saturated heterocycles. The zero-order chi connectivity index (χ0) is 13.1. The minimum Gasteiger partial charge on any atom is -0.371 e. The predicted octanol–water partition coefficient (Wildman–Crippen LogP) is 3.58. The molecule has 100 valence electrons. The molecule has 0 amide bonds. The Morgan fingerprint density at radius 3 is 2.28 bits per heavy atom. The highest BCUT2D eigenvalue weighted by Gasteiger charge is 2.23. The van der Waals surface area contributed by atoms with Gasteiger partial charge in [0.05, 0.1) is 0 Å². The van der Waals surface area contributed by atoms with Crippen molar-refractivity contribution < 1.29 is 0 Å². The number of nitrogens with zero attached hydrogens (tertiary/aromatic N) is 1. The van der Waals surface area contributed by atoms with Crippen molar-refractivity contribution in [3.05, 3.63) is 29.8 Å². The second kappa shape index (κ2) is 5.75. The molecule has 1 heterocycles. The van der Waals surface area contributed by atoms with Gasteiger partial charge in [-0.3, -0.25) is 0 Å². The van der Waals surface area contributed by atoms with Gasteiger partial charge in [-0.1, -0.05) is 32.0 Å². The second-order valence-electron chi connectivity index (χ2n) is 5.92. The molecule has 1 aromatic rings. The van der Waals surface area contributed by atoms with E-state index in [4.69, 9.17) is 5.73 Å². The molecule has 0 aliphatic carbocycles. The summed E-state index contributed by atoms with van der Waals surface area (Å²) in [7, 11) is 0. The van der Waals surface area contributed by atoms with Crippen LogP contribution in [0.3, 0.4) is 0 Å². The molecule has 0 bridgehead atoms. The monoisotopic (exact) mass is 246 g/mol. The van der Waals surface area contributed by atoms with Gasteiger partial charge in [-0.2, -0.15) is 0 Å². The van der Waals surface area contributed by atoms with E-state index in [2.05, 4.69) is 49.9 Å². The molecule has 2 heteroatoms. The second-order valence-corrected chi connectivity index (χ2v) is 5.92. The molecule has 1 atom stereocenters. The maximum Gasteiger partial charge on any atom is 0.0414 e. The van der Waals surface area contributed by atoms with Gasteiger partial charge < -0.3 is 10.6 Å². The Morgan fingerprint density at radius 1 is 1.11 bits per heavy atom. The Kier molecular flexibility index (Phi) is 4.28. The third-order valence-electron chi connectivity index (χ3n) is 4.25. The quantitative estimate of drug-likeness (QED) is 0.883. The molecule has 1 aliphatic heterocycles. The number of rotatable bonds is 3. The lowest BCUT2D eigenvalue weighted by Crippen LogP contribution is -2.36. The van der Waals surface area contributed by atoms with E-state index in [1.54, 1.807) is 0 Å². The largest absolute Gasteiger partial charge is 0.371 e. The number of anilines is 1. The number of nitrogens with two attached hydrogens (primary N) is 1. The summed E-state index contributed by atoms with van der Waals surface area (Å²) in [6.07, 6.45) is 2.62. The van der Waals surface area contributed by atoms with Gasteiger partial charge in [0.2, 0.25) is 0 Å². The van der Waals surface area contributed by atoms with Crippen LogP contribution in [0, 0.1) is 11.8 Å². The number of para-hydroxylation sites is 1. The van der Waals surface area contributed by atoms with Crippen LogP contribution in [-0.4, -0.2) is 13.1 Å². The fourth-order valence-electron chi connectivity index (χ4n) is 2.97. The first-order valence-electron chi connectivity index (χ1n) is 7.19. The maximum atomic E-state index is 6.07. The van der Waals surface area contributed by atoms with E-state index in [9.17, 15) is 0 Å². The van der Waals surface area contributed by atoms with Crippen LogP contribution >= 0.6 is 0 Å². The first kappa shape index (κ1) is 13.4. The first-order chi connectivity index (χ1) is 8.59. The fraction of sp³-hybridized carbons (Fsp3) is 0.625. The lowest BCUT2D eigenvalue weighted by atomic mass is 9.86. The van der Waals surface area contributed by atoms with E-state index in [0.29, 0.717) is 0 Å². The molecule has 1 aliphatic rings. The predicted molar refractivity (Wildman–Crippen MR) is 78.8 cm³/mol. The normalized spacial score (nSPS) is 19.3. The number of benzene rings is 1.